The van der Waals surface area contributed by atoms with E-state index in [1.165, 1.54) is 4.90 Å². The van der Waals surface area contributed by atoms with Crippen LogP contribution < -0.4 is 10.6 Å². The highest BCUT2D eigenvalue weighted by atomic mass is 16.4. The summed E-state index contributed by atoms with van der Waals surface area (Å²) in [5.41, 5.74) is 0.886. The lowest BCUT2D eigenvalue weighted by Gasteiger charge is -2.12. The molecule has 22 heavy (non-hydrogen) atoms. The normalized spacial score (nSPS) is 11.4. The number of likely N-dealkylation sites (N-methyl/N-ethyl adjacent to an activating group) is 1. The van der Waals surface area contributed by atoms with E-state index < -0.39 is 0 Å². The molecule has 1 amide bonds. The van der Waals surface area contributed by atoms with Crippen molar-refractivity contribution in [3.8, 4) is 0 Å². The number of aryl methyl sites for hydroxylation is 2. The Morgan fingerprint density at radius 1 is 1.32 bits per heavy atom. The molecule has 124 valence electrons. The molecule has 7 heteroatoms. The molecule has 1 heterocycles. The number of rotatable bonds is 7. The Bertz CT molecular complexity index is 489. The van der Waals surface area contributed by atoms with Crippen molar-refractivity contribution in [3.63, 3.8) is 0 Å². The number of guanidine groups is 1. The van der Waals surface area contributed by atoms with Crippen LogP contribution in [-0.4, -0.2) is 48.9 Å². The zero-order chi connectivity index (χ0) is 16.5. The first-order valence-corrected chi connectivity index (χ1v) is 7.59. The second-order valence-corrected chi connectivity index (χ2v) is 5.34. The molecule has 0 atom stereocenters. The number of oxazole rings is 1. The number of hydrogen-bond acceptors (Lipinski definition) is 4. The van der Waals surface area contributed by atoms with Gasteiger partial charge < -0.3 is 20.0 Å². The number of aliphatic imine (C=N–C) groups is 1. The highest BCUT2D eigenvalue weighted by Gasteiger charge is 2.08. The van der Waals surface area contributed by atoms with Crippen LogP contribution in [0.5, 0.6) is 0 Å². The Balaban J connectivity index is 2.60. The first kappa shape index (κ1) is 18.0. The van der Waals surface area contributed by atoms with Gasteiger partial charge in [0.15, 0.2) is 5.96 Å². The number of carbonyl (C=O) groups is 1. The minimum absolute atomic E-state index is 0.0422. The third-order valence-electron chi connectivity index (χ3n) is 3.17. The number of aromatic nitrogens is 1. The monoisotopic (exact) mass is 309 g/mol. The van der Waals surface area contributed by atoms with E-state index >= 15 is 0 Å². The van der Waals surface area contributed by atoms with Crippen molar-refractivity contribution in [1.82, 2.24) is 20.5 Å². The molecule has 0 aromatic carbocycles. The molecule has 0 aliphatic carbocycles. The molecular formula is C15H27N5O2. The van der Waals surface area contributed by atoms with E-state index in [0.29, 0.717) is 18.4 Å². The molecule has 0 bridgehead atoms. The van der Waals surface area contributed by atoms with Gasteiger partial charge in [0.05, 0.1) is 12.2 Å². The summed E-state index contributed by atoms with van der Waals surface area (Å²) < 4.78 is 5.52. The summed E-state index contributed by atoms with van der Waals surface area (Å²) in [7, 11) is 3.43. The number of unbranched alkanes of at least 4 members (excludes halogenated alkanes) is 1. The summed E-state index contributed by atoms with van der Waals surface area (Å²) in [5.74, 6) is 1.98. The van der Waals surface area contributed by atoms with E-state index in [0.717, 1.165) is 30.8 Å². The highest BCUT2D eigenvalue weighted by molar-refractivity contribution is 5.84. The summed E-state index contributed by atoms with van der Waals surface area (Å²) in [6.45, 7) is 7.27. The lowest BCUT2D eigenvalue weighted by atomic mass is 10.3. The van der Waals surface area contributed by atoms with Crippen molar-refractivity contribution in [1.29, 1.82) is 0 Å². The molecule has 0 saturated carbocycles. The highest BCUT2D eigenvalue weighted by Crippen LogP contribution is 2.07. The van der Waals surface area contributed by atoms with Gasteiger partial charge in [-0.2, -0.15) is 0 Å². The van der Waals surface area contributed by atoms with Gasteiger partial charge in [-0.05, 0) is 20.3 Å². The van der Waals surface area contributed by atoms with Gasteiger partial charge in [0.1, 0.15) is 12.3 Å². The van der Waals surface area contributed by atoms with Crippen LogP contribution >= 0.6 is 0 Å². The van der Waals surface area contributed by atoms with Gasteiger partial charge in [0.2, 0.25) is 11.8 Å². The molecule has 7 nitrogen and oxygen atoms in total. The maximum Gasteiger partial charge on any atom is 0.243 e. The van der Waals surface area contributed by atoms with Crippen LogP contribution in [0.4, 0.5) is 0 Å². The zero-order valence-electron chi connectivity index (χ0n) is 14.2. The largest absolute Gasteiger partial charge is 0.444 e. The average molecular weight is 309 g/mol. The van der Waals surface area contributed by atoms with Gasteiger partial charge in [0.25, 0.3) is 0 Å². The summed E-state index contributed by atoms with van der Waals surface area (Å²) in [6.07, 6.45) is 2.13. The van der Waals surface area contributed by atoms with Crippen LogP contribution in [0.2, 0.25) is 0 Å². The van der Waals surface area contributed by atoms with E-state index in [4.69, 9.17) is 4.42 Å². The smallest absolute Gasteiger partial charge is 0.243 e. The van der Waals surface area contributed by atoms with Crippen molar-refractivity contribution in [2.24, 2.45) is 4.99 Å². The van der Waals surface area contributed by atoms with E-state index in [-0.39, 0.29) is 12.5 Å². The van der Waals surface area contributed by atoms with E-state index in [9.17, 15) is 4.79 Å². The second kappa shape index (κ2) is 9.07. The molecule has 0 aliphatic heterocycles. The SMILES string of the molecule is CCCCNC(=NCC(=O)N(C)C)NCc1nc(C)c(C)o1. The number of nitrogens with zero attached hydrogens (tertiary/aromatic N) is 3. The maximum absolute atomic E-state index is 11.6. The molecule has 0 fully saturated rings. The lowest BCUT2D eigenvalue weighted by molar-refractivity contribution is -0.127. The molecule has 0 aliphatic rings. The van der Waals surface area contributed by atoms with Gasteiger partial charge in [0, 0.05) is 20.6 Å². The Morgan fingerprint density at radius 3 is 2.59 bits per heavy atom. The van der Waals surface area contributed by atoms with Gasteiger partial charge >= 0.3 is 0 Å². The van der Waals surface area contributed by atoms with Crippen LogP contribution in [0.1, 0.15) is 37.1 Å². The molecule has 0 spiro atoms. The van der Waals surface area contributed by atoms with Crippen LogP contribution in [-0.2, 0) is 11.3 Å². The van der Waals surface area contributed by atoms with Crippen molar-refractivity contribution < 1.29 is 9.21 Å². The fraction of sp³-hybridized carbons (Fsp3) is 0.667. The van der Waals surface area contributed by atoms with Crippen molar-refractivity contribution in [2.45, 2.75) is 40.2 Å². The van der Waals surface area contributed by atoms with E-state index in [2.05, 4.69) is 27.5 Å². The summed E-state index contributed by atoms with van der Waals surface area (Å²) in [4.78, 5) is 21.8. The van der Waals surface area contributed by atoms with E-state index in [1.807, 2.05) is 13.8 Å². The molecule has 1 aromatic rings. The Kier molecular flexibility index (Phi) is 7.42. The molecule has 1 aromatic heterocycles. The number of amides is 1. The minimum Gasteiger partial charge on any atom is -0.444 e. The first-order chi connectivity index (χ1) is 10.4. The molecule has 0 radical (unpaired) electrons. The summed E-state index contributed by atoms with van der Waals surface area (Å²) in [5, 5.41) is 6.35. The van der Waals surface area contributed by atoms with Gasteiger partial charge in [-0.1, -0.05) is 13.3 Å². The number of hydrogen-bond donors (Lipinski definition) is 2. The fourth-order valence-corrected chi connectivity index (χ4v) is 1.62. The van der Waals surface area contributed by atoms with Crippen molar-refractivity contribution in [3.05, 3.63) is 17.3 Å². The predicted octanol–water partition coefficient (Wildman–Crippen LogP) is 1.21. The number of nitrogens with one attached hydrogen (secondary N) is 2. The lowest BCUT2D eigenvalue weighted by Crippen LogP contribution is -2.38. The van der Waals surface area contributed by atoms with Gasteiger partial charge in [-0.15, -0.1) is 0 Å². The predicted molar refractivity (Wildman–Crippen MR) is 86.7 cm³/mol. The topological polar surface area (TPSA) is 82.8 Å². The van der Waals surface area contributed by atoms with Crippen LogP contribution in [0.15, 0.2) is 9.41 Å². The average Bonchev–Trinajstić information content (AvgIpc) is 2.79. The molecule has 1 rings (SSSR count). The minimum atomic E-state index is -0.0422. The van der Waals surface area contributed by atoms with Crippen LogP contribution in [0.25, 0.3) is 0 Å². The van der Waals surface area contributed by atoms with E-state index in [1.54, 1.807) is 14.1 Å². The Morgan fingerprint density at radius 2 is 2.05 bits per heavy atom. The van der Waals surface area contributed by atoms with Crippen LogP contribution in [0.3, 0.4) is 0 Å². The molecule has 0 saturated heterocycles. The summed E-state index contributed by atoms with van der Waals surface area (Å²) >= 11 is 0. The summed E-state index contributed by atoms with van der Waals surface area (Å²) in [6, 6.07) is 0. The van der Waals surface area contributed by atoms with Gasteiger partial charge in [-0.3, -0.25) is 4.79 Å². The first-order valence-electron chi connectivity index (χ1n) is 7.59. The quantitative estimate of drug-likeness (QED) is 0.449. The fourth-order valence-electron chi connectivity index (χ4n) is 1.62. The third-order valence-corrected chi connectivity index (χ3v) is 3.17. The molecular weight excluding hydrogens is 282 g/mol. The zero-order valence-corrected chi connectivity index (χ0v) is 14.2. The molecule has 2 N–H and O–H groups in total. The van der Waals surface area contributed by atoms with Gasteiger partial charge in [-0.25, -0.2) is 9.98 Å². The van der Waals surface area contributed by atoms with Crippen LogP contribution in [0, 0.1) is 13.8 Å². The Labute approximate surface area is 132 Å². The Hall–Kier alpha value is -2.05. The maximum atomic E-state index is 11.6. The standard InChI is InChI=1S/C15H27N5O2/c1-6-7-8-16-15(18-10-14(21)20(4)5)17-9-13-19-11(2)12(3)22-13/h6-10H2,1-5H3,(H2,16,17,18). The second-order valence-electron chi connectivity index (χ2n) is 5.34. The van der Waals surface area contributed by atoms with Crippen molar-refractivity contribution >= 4 is 11.9 Å². The van der Waals surface area contributed by atoms with Crippen molar-refractivity contribution in [2.75, 3.05) is 27.2 Å². The molecule has 0 unspecified atom stereocenters. The third kappa shape index (κ3) is 6.15. The number of carbonyl (C=O) groups excluding carboxylic acids is 1.